The first-order valence-corrected chi connectivity index (χ1v) is 9.59. The molecule has 0 spiro atoms. The molecule has 0 amide bonds. The monoisotopic (exact) mass is 326 g/mol. The molecule has 1 aromatic rings. The van der Waals surface area contributed by atoms with E-state index in [-0.39, 0.29) is 28.6 Å². The summed E-state index contributed by atoms with van der Waals surface area (Å²) < 4.78 is 56.5. The maximum absolute atomic E-state index is 11.8. The first-order chi connectivity index (χ1) is 8.68. The Labute approximate surface area is 115 Å². The molecule has 1 aromatic carbocycles. The summed E-state index contributed by atoms with van der Waals surface area (Å²) >= 11 is 0. The van der Waals surface area contributed by atoms with Gasteiger partial charge in [0.2, 0.25) is 9.05 Å². The molecule has 2 rings (SSSR count). The fraction of sp³-hybridized carbons (Fsp3) is 0.400. The Morgan fingerprint density at radius 1 is 1.16 bits per heavy atom. The van der Waals surface area contributed by atoms with Gasteiger partial charge in [0.25, 0.3) is 0 Å². The Hall–Kier alpha value is -0.990. The lowest BCUT2D eigenvalue weighted by Gasteiger charge is -2.22. The lowest BCUT2D eigenvalue weighted by Crippen LogP contribution is -2.19. The van der Waals surface area contributed by atoms with Crippen molar-refractivity contribution in [3.63, 3.8) is 0 Å². The Kier molecular flexibility index (Phi) is 3.67. The molecule has 0 N–H and O–H groups in total. The van der Waals surface area contributed by atoms with Crippen molar-refractivity contribution in [3.8, 4) is 11.5 Å². The van der Waals surface area contributed by atoms with Crippen molar-refractivity contribution >= 4 is 29.6 Å². The standard InChI is InChI=1S/C10H11ClO6S2/c1-18(12,13)10-7(6-19(11,14)15)2-3-8-9(10)17-5-4-16-8/h2-3H,4-6H2,1H3. The van der Waals surface area contributed by atoms with E-state index in [1.165, 1.54) is 12.1 Å². The van der Waals surface area contributed by atoms with Crippen LogP contribution in [0.2, 0.25) is 0 Å². The van der Waals surface area contributed by atoms with Crippen LogP contribution in [0.5, 0.6) is 11.5 Å². The number of rotatable bonds is 3. The van der Waals surface area contributed by atoms with Gasteiger partial charge in [-0.1, -0.05) is 6.07 Å². The average molecular weight is 327 g/mol. The van der Waals surface area contributed by atoms with Crippen LogP contribution in [0.4, 0.5) is 0 Å². The fourth-order valence-corrected chi connectivity index (χ4v) is 4.01. The summed E-state index contributed by atoms with van der Waals surface area (Å²) in [5.41, 5.74) is 0.0711. The van der Waals surface area contributed by atoms with Crippen LogP contribution in [0, 0.1) is 0 Å². The van der Waals surface area contributed by atoms with Crippen molar-refractivity contribution in [2.45, 2.75) is 10.6 Å². The van der Waals surface area contributed by atoms with Crippen molar-refractivity contribution in [1.29, 1.82) is 0 Å². The van der Waals surface area contributed by atoms with Crippen molar-refractivity contribution < 1.29 is 26.3 Å². The minimum absolute atomic E-state index is 0.0477. The molecular weight excluding hydrogens is 316 g/mol. The second-order valence-electron chi connectivity index (χ2n) is 4.03. The zero-order chi connectivity index (χ0) is 14.3. The molecule has 1 aliphatic heterocycles. The van der Waals surface area contributed by atoms with E-state index < -0.39 is 24.6 Å². The van der Waals surface area contributed by atoms with Crippen molar-refractivity contribution in [3.05, 3.63) is 17.7 Å². The highest BCUT2D eigenvalue weighted by Gasteiger charge is 2.27. The molecule has 0 saturated heterocycles. The van der Waals surface area contributed by atoms with Crippen LogP contribution in [-0.4, -0.2) is 36.3 Å². The summed E-state index contributed by atoms with van der Waals surface area (Å²) in [6.45, 7) is 0.510. The fourth-order valence-electron chi connectivity index (χ4n) is 1.84. The molecule has 0 aliphatic carbocycles. The molecule has 0 radical (unpaired) electrons. The van der Waals surface area contributed by atoms with E-state index in [0.29, 0.717) is 6.61 Å². The third kappa shape index (κ3) is 3.31. The topological polar surface area (TPSA) is 86.7 Å². The zero-order valence-electron chi connectivity index (χ0n) is 9.92. The molecule has 0 saturated carbocycles. The SMILES string of the molecule is CS(=O)(=O)c1c(CS(=O)(=O)Cl)ccc2c1OCCO2. The maximum atomic E-state index is 11.8. The molecule has 0 atom stereocenters. The molecule has 1 heterocycles. The number of hydrogen-bond donors (Lipinski definition) is 0. The molecule has 19 heavy (non-hydrogen) atoms. The van der Waals surface area contributed by atoms with Gasteiger partial charge in [-0.2, -0.15) is 0 Å². The predicted octanol–water partition coefficient (Wildman–Crippen LogP) is 0.930. The number of ether oxygens (including phenoxy) is 2. The number of benzene rings is 1. The van der Waals surface area contributed by atoms with Gasteiger partial charge in [0.05, 0.1) is 5.75 Å². The Morgan fingerprint density at radius 3 is 2.37 bits per heavy atom. The Bertz CT molecular complexity index is 708. The second-order valence-corrected chi connectivity index (χ2v) is 8.76. The lowest BCUT2D eigenvalue weighted by molar-refractivity contribution is 0.166. The van der Waals surface area contributed by atoms with Gasteiger partial charge >= 0.3 is 0 Å². The number of hydrogen-bond acceptors (Lipinski definition) is 6. The summed E-state index contributed by atoms with van der Waals surface area (Å²) in [7, 11) is -2.37. The van der Waals surface area contributed by atoms with Gasteiger partial charge < -0.3 is 9.47 Å². The van der Waals surface area contributed by atoms with Crippen molar-refractivity contribution in [2.24, 2.45) is 0 Å². The molecule has 0 aromatic heterocycles. The summed E-state index contributed by atoms with van der Waals surface area (Å²) in [6, 6.07) is 2.84. The van der Waals surface area contributed by atoms with E-state index in [1.807, 2.05) is 0 Å². The highest BCUT2D eigenvalue weighted by atomic mass is 35.7. The van der Waals surface area contributed by atoms with Crippen LogP contribution < -0.4 is 9.47 Å². The number of sulfone groups is 1. The van der Waals surface area contributed by atoms with Crippen LogP contribution in [0.15, 0.2) is 17.0 Å². The predicted molar refractivity (Wildman–Crippen MR) is 69.0 cm³/mol. The molecular formula is C10H11ClO6S2. The van der Waals surface area contributed by atoms with Crippen LogP contribution in [0.1, 0.15) is 5.56 Å². The molecule has 106 valence electrons. The minimum Gasteiger partial charge on any atom is -0.486 e. The molecule has 0 fully saturated rings. The van der Waals surface area contributed by atoms with E-state index in [0.717, 1.165) is 6.26 Å². The van der Waals surface area contributed by atoms with Gasteiger partial charge in [-0.05, 0) is 11.6 Å². The summed E-state index contributed by atoms with van der Waals surface area (Å²) in [5, 5.41) is 0. The van der Waals surface area contributed by atoms with E-state index in [4.69, 9.17) is 20.2 Å². The first kappa shape index (κ1) is 14.4. The van der Waals surface area contributed by atoms with Gasteiger partial charge in [-0.3, -0.25) is 0 Å². The van der Waals surface area contributed by atoms with Gasteiger partial charge in [0.1, 0.15) is 18.1 Å². The van der Waals surface area contributed by atoms with Crippen LogP contribution in [0.25, 0.3) is 0 Å². The highest BCUT2D eigenvalue weighted by molar-refractivity contribution is 8.13. The molecule has 6 nitrogen and oxygen atoms in total. The first-order valence-electron chi connectivity index (χ1n) is 5.22. The third-order valence-electron chi connectivity index (χ3n) is 2.44. The van der Waals surface area contributed by atoms with Crippen molar-refractivity contribution in [1.82, 2.24) is 0 Å². The summed E-state index contributed by atoms with van der Waals surface area (Å²) in [5.74, 6) is -0.262. The highest BCUT2D eigenvalue weighted by Crippen LogP contribution is 2.39. The average Bonchev–Trinajstić information content (AvgIpc) is 2.24. The Balaban J connectivity index is 2.68. The van der Waals surface area contributed by atoms with E-state index in [9.17, 15) is 16.8 Å². The molecule has 1 aliphatic rings. The normalized spacial score (nSPS) is 15.3. The van der Waals surface area contributed by atoms with Gasteiger partial charge in [0.15, 0.2) is 21.3 Å². The smallest absolute Gasteiger partial charge is 0.236 e. The van der Waals surface area contributed by atoms with Gasteiger partial charge in [-0.15, -0.1) is 0 Å². The molecule has 9 heteroatoms. The number of fused-ring (bicyclic) bond motifs is 1. The van der Waals surface area contributed by atoms with Crippen LogP contribution in [0.3, 0.4) is 0 Å². The zero-order valence-corrected chi connectivity index (χ0v) is 12.3. The van der Waals surface area contributed by atoms with Gasteiger partial charge in [-0.25, -0.2) is 16.8 Å². The minimum atomic E-state index is -3.88. The lowest BCUT2D eigenvalue weighted by atomic mass is 10.2. The maximum Gasteiger partial charge on any atom is 0.236 e. The van der Waals surface area contributed by atoms with Crippen LogP contribution >= 0.6 is 10.7 Å². The number of halogens is 1. The van der Waals surface area contributed by atoms with Gasteiger partial charge in [0, 0.05) is 16.9 Å². The second kappa shape index (κ2) is 4.84. The molecule has 0 unspecified atom stereocenters. The third-order valence-corrected chi connectivity index (χ3v) is 4.62. The Morgan fingerprint density at radius 2 is 1.79 bits per heavy atom. The van der Waals surface area contributed by atoms with Crippen LogP contribution in [-0.2, 0) is 24.6 Å². The van der Waals surface area contributed by atoms with E-state index >= 15 is 0 Å². The summed E-state index contributed by atoms with van der Waals surface area (Å²) in [6.07, 6.45) is 0.977. The quantitative estimate of drug-likeness (QED) is 0.768. The van der Waals surface area contributed by atoms with Crippen molar-refractivity contribution in [2.75, 3.05) is 19.5 Å². The van der Waals surface area contributed by atoms with E-state index in [2.05, 4.69) is 0 Å². The largest absolute Gasteiger partial charge is 0.486 e. The van der Waals surface area contributed by atoms with E-state index in [1.54, 1.807) is 0 Å². The summed E-state index contributed by atoms with van der Waals surface area (Å²) in [4.78, 5) is -0.186. The molecule has 0 bridgehead atoms.